The molecule has 4 heteroatoms. The Morgan fingerprint density at radius 2 is 0.900 bits per heavy atom. The molecule has 5 aromatic heterocycles. The zero-order valence-corrected chi connectivity index (χ0v) is 27.7. The molecule has 0 unspecified atom stereocenters. The average Bonchev–Trinajstić information content (AvgIpc) is 3.98. The van der Waals surface area contributed by atoms with Crippen LogP contribution in [0.15, 0.2) is 163 Å². The fourth-order valence-electron chi connectivity index (χ4n) is 8.75. The second-order valence-corrected chi connectivity index (χ2v) is 14.3. The van der Waals surface area contributed by atoms with Crippen LogP contribution in [-0.2, 0) is 0 Å². The zero-order chi connectivity index (χ0) is 32.5. The van der Waals surface area contributed by atoms with Crippen molar-refractivity contribution in [2.24, 2.45) is 0 Å². The summed E-state index contributed by atoms with van der Waals surface area (Å²) in [4.78, 5) is 0. The van der Waals surface area contributed by atoms with E-state index in [1.54, 1.807) is 0 Å². The molecule has 0 amide bonds. The van der Waals surface area contributed by atoms with Crippen LogP contribution in [0.2, 0.25) is 0 Å². The van der Waals surface area contributed by atoms with Crippen molar-refractivity contribution in [2.45, 2.75) is 0 Å². The van der Waals surface area contributed by atoms with Crippen molar-refractivity contribution in [3.8, 4) is 22.5 Å². The van der Waals surface area contributed by atoms with Gasteiger partial charge >= 0.3 is 0 Å². The van der Waals surface area contributed by atoms with Crippen LogP contribution in [0.5, 0.6) is 0 Å². The zero-order valence-electron chi connectivity index (χ0n) is 26.8. The standard InChI is InChI=1S/C46H27N3S/c1-2-10-30(11-3-1)47-39-15-7-5-13-33(39)36-27-31(19-21-43(36)47)48-40-16-8-4-12-32(40)35-24-28(18-20-42(35)48)29-25-37-34-14-6-9-17-41(34)49-44-22-23-50-46(44)38(26-29)45(37)49/h1-27H. The van der Waals surface area contributed by atoms with Crippen molar-refractivity contribution >= 4 is 92.4 Å². The quantitative estimate of drug-likeness (QED) is 0.180. The number of hydrogen-bond donors (Lipinski definition) is 0. The van der Waals surface area contributed by atoms with E-state index in [1.165, 1.54) is 104 Å². The van der Waals surface area contributed by atoms with E-state index in [1.807, 2.05) is 11.3 Å². The lowest BCUT2D eigenvalue weighted by Gasteiger charge is -2.11. The number of para-hydroxylation sites is 4. The van der Waals surface area contributed by atoms with Gasteiger partial charge < -0.3 is 13.5 Å². The predicted octanol–water partition coefficient (Wildman–Crippen LogP) is 12.8. The molecule has 0 saturated heterocycles. The Morgan fingerprint density at radius 1 is 0.340 bits per heavy atom. The van der Waals surface area contributed by atoms with E-state index in [-0.39, 0.29) is 0 Å². The Hall–Kier alpha value is -6.36. The van der Waals surface area contributed by atoms with Gasteiger partial charge in [-0.1, -0.05) is 78.9 Å². The maximum atomic E-state index is 2.46. The van der Waals surface area contributed by atoms with Crippen LogP contribution >= 0.6 is 11.3 Å². The number of hydrogen-bond acceptors (Lipinski definition) is 1. The highest BCUT2D eigenvalue weighted by atomic mass is 32.1. The van der Waals surface area contributed by atoms with E-state index in [2.05, 4.69) is 177 Å². The minimum Gasteiger partial charge on any atom is -0.309 e. The van der Waals surface area contributed by atoms with E-state index < -0.39 is 0 Å². The van der Waals surface area contributed by atoms with Crippen LogP contribution in [0, 0.1) is 0 Å². The topological polar surface area (TPSA) is 14.3 Å². The van der Waals surface area contributed by atoms with Crippen LogP contribution in [0.4, 0.5) is 0 Å². The molecular formula is C46H27N3S. The first-order valence-corrected chi connectivity index (χ1v) is 18.0. The summed E-state index contributed by atoms with van der Waals surface area (Å²) in [5.74, 6) is 0. The molecule has 5 heterocycles. The fraction of sp³-hybridized carbons (Fsp3) is 0. The summed E-state index contributed by atoms with van der Waals surface area (Å²) in [6.45, 7) is 0. The number of nitrogens with zero attached hydrogens (tertiary/aromatic N) is 3. The lowest BCUT2D eigenvalue weighted by molar-refractivity contribution is 1.17. The largest absolute Gasteiger partial charge is 0.309 e. The van der Waals surface area contributed by atoms with Gasteiger partial charge in [0.25, 0.3) is 0 Å². The lowest BCUT2D eigenvalue weighted by atomic mass is 9.99. The summed E-state index contributed by atoms with van der Waals surface area (Å²) in [5.41, 5.74) is 13.6. The van der Waals surface area contributed by atoms with Crippen molar-refractivity contribution in [1.29, 1.82) is 0 Å². The summed E-state index contributed by atoms with van der Waals surface area (Å²) in [6, 6.07) is 58.2. The molecule has 232 valence electrons. The maximum Gasteiger partial charge on any atom is 0.0649 e. The first-order valence-electron chi connectivity index (χ1n) is 17.1. The van der Waals surface area contributed by atoms with Gasteiger partial charge in [-0.25, -0.2) is 0 Å². The monoisotopic (exact) mass is 653 g/mol. The second-order valence-electron chi connectivity index (χ2n) is 13.4. The molecule has 0 N–H and O–H groups in total. The van der Waals surface area contributed by atoms with Crippen molar-refractivity contribution in [3.05, 3.63) is 163 Å². The first-order chi connectivity index (χ1) is 24.8. The van der Waals surface area contributed by atoms with Crippen molar-refractivity contribution in [1.82, 2.24) is 13.5 Å². The van der Waals surface area contributed by atoms with Gasteiger partial charge in [-0.2, -0.15) is 0 Å². The normalized spacial score (nSPS) is 12.4. The van der Waals surface area contributed by atoms with Gasteiger partial charge in [0, 0.05) is 49.1 Å². The fourth-order valence-corrected chi connectivity index (χ4v) is 9.65. The van der Waals surface area contributed by atoms with Crippen molar-refractivity contribution < 1.29 is 0 Å². The molecule has 0 radical (unpaired) electrons. The van der Waals surface area contributed by atoms with E-state index >= 15 is 0 Å². The molecule has 50 heavy (non-hydrogen) atoms. The number of benzene rings is 7. The highest BCUT2D eigenvalue weighted by molar-refractivity contribution is 7.18. The van der Waals surface area contributed by atoms with Crippen molar-refractivity contribution in [2.75, 3.05) is 0 Å². The summed E-state index contributed by atoms with van der Waals surface area (Å²) in [5, 5.41) is 11.2. The van der Waals surface area contributed by atoms with Crippen LogP contribution < -0.4 is 0 Å². The Kier molecular flexibility index (Phi) is 5.12. The number of rotatable bonds is 3. The molecule has 0 fully saturated rings. The van der Waals surface area contributed by atoms with Gasteiger partial charge in [-0.3, -0.25) is 0 Å². The van der Waals surface area contributed by atoms with Crippen LogP contribution in [0.25, 0.3) is 104 Å². The molecule has 0 atom stereocenters. The van der Waals surface area contributed by atoms with Crippen molar-refractivity contribution in [3.63, 3.8) is 0 Å². The Labute approximate surface area is 290 Å². The molecule has 12 rings (SSSR count). The molecule has 0 aliphatic carbocycles. The molecular weight excluding hydrogens is 627 g/mol. The molecule has 0 saturated carbocycles. The minimum atomic E-state index is 1.17. The molecule has 7 aromatic carbocycles. The molecule has 12 aromatic rings. The lowest BCUT2D eigenvalue weighted by Crippen LogP contribution is -1.95. The van der Waals surface area contributed by atoms with Gasteiger partial charge in [0.15, 0.2) is 0 Å². The average molecular weight is 654 g/mol. The molecule has 0 bridgehead atoms. The van der Waals surface area contributed by atoms with Gasteiger partial charge in [0.1, 0.15) is 0 Å². The third-order valence-electron chi connectivity index (χ3n) is 10.8. The van der Waals surface area contributed by atoms with Crippen LogP contribution in [-0.4, -0.2) is 13.5 Å². The maximum absolute atomic E-state index is 2.46. The Balaban J connectivity index is 1.10. The van der Waals surface area contributed by atoms with Crippen LogP contribution in [0.3, 0.4) is 0 Å². The molecule has 0 aliphatic rings. The summed E-state index contributed by atoms with van der Waals surface area (Å²) < 4.78 is 8.64. The van der Waals surface area contributed by atoms with E-state index in [0.29, 0.717) is 0 Å². The highest BCUT2D eigenvalue weighted by Gasteiger charge is 2.21. The van der Waals surface area contributed by atoms with Gasteiger partial charge in [0.2, 0.25) is 0 Å². The van der Waals surface area contributed by atoms with E-state index in [0.717, 1.165) is 0 Å². The highest BCUT2D eigenvalue weighted by Crippen LogP contribution is 2.44. The van der Waals surface area contributed by atoms with Gasteiger partial charge in [-0.15, -0.1) is 11.3 Å². The minimum absolute atomic E-state index is 1.17. The summed E-state index contributed by atoms with van der Waals surface area (Å²) in [6.07, 6.45) is 0. The second kappa shape index (κ2) is 9.63. The summed E-state index contributed by atoms with van der Waals surface area (Å²) in [7, 11) is 0. The number of thiophene rings is 1. The van der Waals surface area contributed by atoms with E-state index in [9.17, 15) is 0 Å². The smallest absolute Gasteiger partial charge is 0.0649 e. The predicted molar refractivity (Wildman–Crippen MR) is 213 cm³/mol. The number of fused-ring (bicyclic) bond motifs is 12. The van der Waals surface area contributed by atoms with Gasteiger partial charge in [-0.05, 0) is 95.4 Å². The third-order valence-corrected chi connectivity index (χ3v) is 11.8. The molecule has 0 aliphatic heterocycles. The first kappa shape index (κ1) is 26.6. The molecule has 0 spiro atoms. The Bertz CT molecular complexity index is 3320. The third kappa shape index (κ3) is 3.38. The SMILES string of the molecule is c1ccc(-n2c3ccccc3c3cc(-n4c5ccccc5c5cc(-c6cc7c8ccccc8n8c9ccsc9c(c6)c78)ccc54)ccc32)cc1. The molecule has 3 nitrogen and oxygen atoms in total. The van der Waals surface area contributed by atoms with E-state index in [4.69, 9.17) is 0 Å². The number of aromatic nitrogens is 3. The van der Waals surface area contributed by atoms with Gasteiger partial charge in [0.05, 0.1) is 43.3 Å². The summed E-state index contributed by atoms with van der Waals surface area (Å²) >= 11 is 1.84. The Morgan fingerprint density at radius 3 is 1.66 bits per heavy atom. The van der Waals surface area contributed by atoms with Crippen LogP contribution in [0.1, 0.15) is 0 Å².